The normalized spacial score (nSPS) is 18.4. The molecule has 7 nitrogen and oxygen atoms in total. The number of imide groups is 1. The lowest BCUT2D eigenvalue weighted by atomic mass is 10.1. The molecule has 2 atom stereocenters. The molecule has 1 aliphatic rings. The van der Waals surface area contributed by atoms with E-state index in [0.29, 0.717) is 0 Å². The number of benzene rings is 1. The van der Waals surface area contributed by atoms with E-state index in [1.54, 1.807) is 7.11 Å². The Morgan fingerprint density at radius 3 is 2.82 bits per heavy atom. The third kappa shape index (κ3) is 3.97. The van der Waals surface area contributed by atoms with Crippen LogP contribution in [0.2, 0.25) is 0 Å². The van der Waals surface area contributed by atoms with Crippen molar-refractivity contribution in [2.24, 2.45) is 0 Å². The summed E-state index contributed by atoms with van der Waals surface area (Å²) in [5.74, 6) is 0.159. The Morgan fingerprint density at radius 2 is 2.18 bits per heavy atom. The molecule has 7 heteroatoms. The predicted octanol–water partition coefficient (Wildman–Crippen LogP) is 0.861. The molecule has 1 saturated heterocycles. The van der Waals surface area contributed by atoms with E-state index in [1.807, 2.05) is 31.2 Å². The van der Waals surface area contributed by atoms with Crippen molar-refractivity contribution in [2.75, 3.05) is 7.11 Å². The van der Waals surface area contributed by atoms with Gasteiger partial charge in [-0.05, 0) is 31.0 Å². The summed E-state index contributed by atoms with van der Waals surface area (Å²) in [6, 6.07) is 6.13. The van der Waals surface area contributed by atoms with Crippen molar-refractivity contribution in [3.8, 4) is 5.75 Å². The van der Waals surface area contributed by atoms with E-state index in [9.17, 15) is 14.4 Å². The summed E-state index contributed by atoms with van der Waals surface area (Å²) in [6.45, 7) is 1.87. The molecule has 118 valence electrons. The van der Waals surface area contributed by atoms with E-state index in [4.69, 9.17) is 4.74 Å². The minimum absolute atomic E-state index is 0.159. The van der Waals surface area contributed by atoms with Gasteiger partial charge >= 0.3 is 6.03 Å². The van der Waals surface area contributed by atoms with Crippen molar-refractivity contribution in [3.63, 3.8) is 0 Å². The Labute approximate surface area is 128 Å². The maximum Gasteiger partial charge on any atom is 0.322 e. The van der Waals surface area contributed by atoms with Gasteiger partial charge in [0.1, 0.15) is 11.8 Å². The van der Waals surface area contributed by atoms with E-state index in [1.165, 1.54) is 0 Å². The number of amides is 4. The summed E-state index contributed by atoms with van der Waals surface area (Å²) >= 11 is 0. The number of rotatable bonds is 6. The molecule has 3 N–H and O–H groups in total. The Morgan fingerprint density at radius 1 is 1.41 bits per heavy atom. The summed E-state index contributed by atoms with van der Waals surface area (Å²) < 4.78 is 5.15. The van der Waals surface area contributed by atoms with Crippen LogP contribution in [0.4, 0.5) is 4.79 Å². The average Bonchev–Trinajstić information content (AvgIpc) is 2.83. The zero-order chi connectivity index (χ0) is 16.1. The van der Waals surface area contributed by atoms with Crippen molar-refractivity contribution in [3.05, 3.63) is 29.8 Å². The fourth-order valence-corrected chi connectivity index (χ4v) is 2.25. The average molecular weight is 305 g/mol. The second-order valence-corrected chi connectivity index (χ2v) is 5.12. The second-order valence-electron chi connectivity index (χ2n) is 5.12. The van der Waals surface area contributed by atoms with Gasteiger partial charge in [0, 0.05) is 6.42 Å². The van der Waals surface area contributed by atoms with E-state index in [-0.39, 0.29) is 24.8 Å². The van der Waals surface area contributed by atoms with E-state index >= 15 is 0 Å². The van der Waals surface area contributed by atoms with Crippen LogP contribution < -0.4 is 20.7 Å². The monoisotopic (exact) mass is 305 g/mol. The van der Waals surface area contributed by atoms with Crippen LogP contribution in [0.25, 0.3) is 0 Å². The molecular weight excluding hydrogens is 286 g/mol. The largest absolute Gasteiger partial charge is 0.497 e. The van der Waals surface area contributed by atoms with Crippen LogP contribution in [0.5, 0.6) is 5.75 Å². The number of carbonyl (C=O) groups excluding carboxylic acids is 3. The van der Waals surface area contributed by atoms with Crippen LogP contribution in [0.3, 0.4) is 0 Å². The van der Waals surface area contributed by atoms with Crippen LogP contribution in [0, 0.1) is 0 Å². The fourth-order valence-electron chi connectivity index (χ4n) is 2.25. The van der Waals surface area contributed by atoms with Crippen LogP contribution in [0.15, 0.2) is 24.3 Å². The molecule has 0 saturated carbocycles. The summed E-state index contributed by atoms with van der Waals surface area (Å²) in [7, 11) is 1.59. The highest BCUT2D eigenvalue weighted by Gasteiger charge is 2.29. The molecule has 1 aromatic rings. The van der Waals surface area contributed by atoms with Gasteiger partial charge in [0.15, 0.2) is 0 Å². The number of methoxy groups -OCH3 is 1. The molecule has 0 bridgehead atoms. The lowest BCUT2D eigenvalue weighted by molar-refractivity contribution is -0.122. The molecule has 4 amide bonds. The molecule has 1 heterocycles. The number of nitrogens with one attached hydrogen (secondary N) is 3. The molecule has 0 aromatic heterocycles. The van der Waals surface area contributed by atoms with Crippen molar-refractivity contribution < 1.29 is 19.1 Å². The van der Waals surface area contributed by atoms with Gasteiger partial charge in [-0.3, -0.25) is 14.9 Å². The molecule has 1 aromatic carbocycles. The quantitative estimate of drug-likeness (QED) is 0.679. The second kappa shape index (κ2) is 6.93. The van der Waals surface area contributed by atoms with Gasteiger partial charge in [0.2, 0.25) is 5.91 Å². The van der Waals surface area contributed by atoms with E-state index in [2.05, 4.69) is 16.0 Å². The third-order valence-corrected chi connectivity index (χ3v) is 3.49. The number of urea groups is 1. The topological polar surface area (TPSA) is 96.5 Å². The van der Waals surface area contributed by atoms with Gasteiger partial charge in [0.05, 0.1) is 13.2 Å². The zero-order valence-electron chi connectivity index (χ0n) is 12.5. The molecule has 2 rings (SSSR count). The standard InChI is InChI=1S/C15H19N3O4/c1-9(10-4-3-5-11(8-10)22-2)16-13(19)7-6-12-14(20)18-15(21)17-12/h3-5,8-9,12H,6-7H2,1-2H3,(H,16,19)(H2,17,18,20,21)/t9-,12-/m0/s1. The number of carbonyl (C=O) groups is 3. The summed E-state index contributed by atoms with van der Waals surface area (Å²) in [6.07, 6.45) is 0.431. The van der Waals surface area contributed by atoms with Crippen LogP contribution in [-0.4, -0.2) is 31.0 Å². The van der Waals surface area contributed by atoms with Gasteiger partial charge < -0.3 is 15.4 Å². The van der Waals surface area contributed by atoms with Crippen molar-refractivity contribution in [1.29, 1.82) is 0 Å². The predicted molar refractivity (Wildman–Crippen MR) is 79.2 cm³/mol. The van der Waals surface area contributed by atoms with Crippen molar-refractivity contribution in [1.82, 2.24) is 16.0 Å². The maximum absolute atomic E-state index is 11.9. The highest BCUT2D eigenvalue weighted by molar-refractivity contribution is 6.04. The zero-order valence-corrected chi connectivity index (χ0v) is 12.5. The highest BCUT2D eigenvalue weighted by atomic mass is 16.5. The minimum Gasteiger partial charge on any atom is -0.497 e. The maximum atomic E-state index is 11.9. The van der Waals surface area contributed by atoms with Gasteiger partial charge in [-0.2, -0.15) is 0 Å². The van der Waals surface area contributed by atoms with Crippen molar-refractivity contribution >= 4 is 17.8 Å². The molecule has 0 spiro atoms. The number of hydrogen-bond acceptors (Lipinski definition) is 4. The first kappa shape index (κ1) is 15.8. The van der Waals surface area contributed by atoms with Crippen LogP contribution in [-0.2, 0) is 9.59 Å². The first-order valence-corrected chi connectivity index (χ1v) is 7.04. The first-order chi connectivity index (χ1) is 10.5. The molecule has 1 aliphatic heterocycles. The summed E-state index contributed by atoms with van der Waals surface area (Å²) in [5, 5.41) is 7.46. The Hall–Kier alpha value is -2.57. The molecule has 0 unspecified atom stereocenters. The van der Waals surface area contributed by atoms with Gasteiger partial charge in [-0.25, -0.2) is 4.79 Å². The van der Waals surface area contributed by atoms with E-state index in [0.717, 1.165) is 11.3 Å². The Bertz CT molecular complexity index is 588. The fraction of sp³-hybridized carbons (Fsp3) is 0.400. The lowest BCUT2D eigenvalue weighted by Gasteiger charge is -2.15. The van der Waals surface area contributed by atoms with Gasteiger partial charge in [-0.1, -0.05) is 12.1 Å². The third-order valence-electron chi connectivity index (χ3n) is 3.49. The minimum atomic E-state index is -0.634. The van der Waals surface area contributed by atoms with Crippen LogP contribution >= 0.6 is 0 Å². The molecule has 22 heavy (non-hydrogen) atoms. The van der Waals surface area contributed by atoms with E-state index < -0.39 is 18.0 Å². The highest BCUT2D eigenvalue weighted by Crippen LogP contribution is 2.18. The van der Waals surface area contributed by atoms with Gasteiger partial charge in [-0.15, -0.1) is 0 Å². The van der Waals surface area contributed by atoms with Crippen LogP contribution in [0.1, 0.15) is 31.4 Å². The smallest absolute Gasteiger partial charge is 0.322 e. The Balaban J connectivity index is 1.83. The first-order valence-electron chi connectivity index (χ1n) is 7.04. The molecule has 0 radical (unpaired) electrons. The molecular formula is C15H19N3O4. The summed E-state index contributed by atoms with van der Waals surface area (Å²) in [5.41, 5.74) is 0.930. The van der Waals surface area contributed by atoms with Crippen molar-refractivity contribution in [2.45, 2.75) is 31.8 Å². The Kier molecular flexibility index (Phi) is 4.98. The number of ether oxygens (including phenoxy) is 1. The molecule has 1 fully saturated rings. The molecule has 0 aliphatic carbocycles. The number of hydrogen-bond donors (Lipinski definition) is 3. The SMILES string of the molecule is COc1cccc([C@H](C)NC(=O)CC[C@@H]2NC(=O)NC2=O)c1. The summed E-state index contributed by atoms with van der Waals surface area (Å²) in [4.78, 5) is 34.3. The lowest BCUT2D eigenvalue weighted by Crippen LogP contribution is -2.32. The van der Waals surface area contributed by atoms with Gasteiger partial charge in [0.25, 0.3) is 5.91 Å².